The van der Waals surface area contributed by atoms with Crippen LogP contribution in [0.25, 0.3) is 0 Å². The fourth-order valence-corrected chi connectivity index (χ4v) is 5.95. The van der Waals surface area contributed by atoms with Crippen molar-refractivity contribution in [2.24, 2.45) is 10.8 Å². The van der Waals surface area contributed by atoms with E-state index >= 15 is 0 Å². The van der Waals surface area contributed by atoms with Crippen LogP contribution in [0.3, 0.4) is 0 Å². The first kappa shape index (κ1) is 17.1. The Labute approximate surface area is 125 Å². The largest absolute Gasteiger partial charge is 0.453 e. The van der Waals surface area contributed by atoms with Crippen molar-refractivity contribution in [1.82, 2.24) is 19.5 Å². The molecule has 2 rings (SSSR count). The highest BCUT2D eigenvalue weighted by Gasteiger charge is 2.36. The molecule has 13 heteroatoms. The summed E-state index contributed by atoms with van der Waals surface area (Å²) in [5, 5.41) is 3.16. The van der Waals surface area contributed by atoms with E-state index in [1.165, 1.54) is 7.05 Å². The van der Waals surface area contributed by atoms with Crippen LogP contribution in [0.1, 0.15) is 24.5 Å². The van der Waals surface area contributed by atoms with Crippen molar-refractivity contribution in [3.63, 3.8) is 0 Å². The molecule has 1 fully saturated rings. The summed E-state index contributed by atoms with van der Waals surface area (Å²) in [4.78, 5) is 3.22. The maximum absolute atomic E-state index is 12.4. The van der Waals surface area contributed by atoms with Crippen LogP contribution in [0, 0.1) is 0 Å². The molecule has 1 aromatic rings. The Morgan fingerprint density at radius 2 is 1.95 bits per heavy atom. The number of hydrogen-bond acceptors (Lipinski definition) is 5. The Morgan fingerprint density at radius 3 is 2.45 bits per heavy atom. The Hall–Kier alpha value is -1.21. The number of nitrogens with zero attached hydrogens (tertiary/aromatic N) is 4. The van der Waals surface area contributed by atoms with Crippen LogP contribution in [0.5, 0.6) is 0 Å². The van der Waals surface area contributed by atoms with Gasteiger partial charge in [-0.1, -0.05) is 3.77 Å². The van der Waals surface area contributed by atoms with Gasteiger partial charge in [0.25, 0.3) is 5.82 Å². The number of alkyl halides is 3. The molecular weight excluding hydrogens is 347 g/mol. The fraction of sp³-hybridized carbons (Fsp3) is 0.778. The molecule has 0 atom stereocenters. The summed E-state index contributed by atoms with van der Waals surface area (Å²) in [5.41, 5.74) is 0. The smallest absolute Gasteiger partial charge is 0.251 e. The summed E-state index contributed by atoms with van der Waals surface area (Å²) in [6, 6.07) is 0. The van der Waals surface area contributed by atoms with E-state index in [1.807, 2.05) is 4.72 Å². The van der Waals surface area contributed by atoms with Gasteiger partial charge in [0, 0.05) is 18.6 Å². The number of aromatic nitrogens is 3. The minimum Gasteiger partial charge on any atom is -0.251 e. The standard InChI is InChI=1S/C9H14F3N5O3S2/c1-17-7(14-8(15-17)9(10,11)12)6-13-22(19,20)16-21(18)4-2-3-5-21/h13H,2-6H2,1H3. The third kappa shape index (κ3) is 4.16. The second-order valence-electron chi connectivity index (χ2n) is 4.73. The predicted octanol–water partition coefficient (Wildman–Crippen LogP) is 0.430. The number of nitrogens with one attached hydrogen (secondary N) is 1. The molecule has 1 saturated heterocycles. The molecule has 2 heterocycles. The molecule has 0 spiro atoms. The van der Waals surface area contributed by atoms with Crippen LogP contribution >= 0.6 is 0 Å². The molecule has 0 bridgehead atoms. The molecule has 0 aliphatic carbocycles. The van der Waals surface area contributed by atoms with Crippen LogP contribution in [-0.4, -0.2) is 38.9 Å². The molecule has 0 saturated carbocycles. The van der Waals surface area contributed by atoms with E-state index in [9.17, 15) is 25.8 Å². The molecule has 1 aliphatic rings. The van der Waals surface area contributed by atoms with Crippen molar-refractivity contribution in [2.75, 3.05) is 11.5 Å². The van der Waals surface area contributed by atoms with Crippen LogP contribution in [0.15, 0.2) is 3.77 Å². The van der Waals surface area contributed by atoms with E-state index in [1.54, 1.807) is 0 Å². The summed E-state index contributed by atoms with van der Waals surface area (Å²) in [7, 11) is -5.81. The van der Waals surface area contributed by atoms with Crippen molar-refractivity contribution in [1.29, 1.82) is 0 Å². The molecule has 1 aromatic heterocycles. The summed E-state index contributed by atoms with van der Waals surface area (Å²) in [6.07, 6.45) is -3.45. The maximum Gasteiger partial charge on any atom is 0.453 e. The van der Waals surface area contributed by atoms with Crippen LogP contribution in [0.4, 0.5) is 13.2 Å². The van der Waals surface area contributed by atoms with E-state index in [4.69, 9.17) is 0 Å². The van der Waals surface area contributed by atoms with E-state index < -0.39 is 38.5 Å². The Kier molecular flexibility index (Phi) is 4.50. The highest BCUT2D eigenvalue weighted by atomic mass is 32.3. The first-order valence-corrected chi connectivity index (χ1v) is 9.51. The summed E-state index contributed by atoms with van der Waals surface area (Å²) < 4.78 is 79.0. The number of aryl methyl sites for hydroxylation is 1. The second kappa shape index (κ2) is 5.77. The minimum atomic E-state index is -4.72. The summed E-state index contributed by atoms with van der Waals surface area (Å²) >= 11 is 0. The second-order valence-corrected chi connectivity index (χ2v) is 8.93. The lowest BCUT2D eigenvalue weighted by Crippen LogP contribution is -2.24. The molecular formula is C9H14F3N5O3S2. The first-order valence-electron chi connectivity index (χ1n) is 6.21. The van der Waals surface area contributed by atoms with Gasteiger partial charge >= 0.3 is 16.4 Å². The van der Waals surface area contributed by atoms with Gasteiger partial charge in [-0.05, 0) is 12.8 Å². The number of rotatable bonds is 4. The number of halogens is 3. The van der Waals surface area contributed by atoms with Crippen molar-refractivity contribution in [3.05, 3.63) is 11.6 Å². The van der Waals surface area contributed by atoms with Gasteiger partial charge in [0.2, 0.25) is 0 Å². The lowest BCUT2D eigenvalue weighted by molar-refractivity contribution is -0.145. The van der Waals surface area contributed by atoms with Gasteiger partial charge in [0.1, 0.15) is 5.82 Å². The molecule has 0 unspecified atom stereocenters. The van der Waals surface area contributed by atoms with Gasteiger partial charge < -0.3 is 0 Å². The average Bonchev–Trinajstić information content (AvgIpc) is 2.92. The monoisotopic (exact) mass is 361 g/mol. The predicted molar refractivity (Wildman–Crippen MR) is 71.3 cm³/mol. The molecule has 0 radical (unpaired) electrons. The fourth-order valence-electron chi connectivity index (χ4n) is 1.88. The summed E-state index contributed by atoms with van der Waals surface area (Å²) in [6.45, 7) is -0.527. The van der Waals surface area contributed by atoms with Gasteiger partial charge in [-0.15, -0.1) is 5.10 Å². The van der Waals surface area contributed by atoms with Gasteiger partial charge in [-0.25, -0.2) is 9.19 Å². The van der Waals surface area contributed by atoms with Crippen molar-refractivity contribution in [2.45, 2.75) is 25.6 Å². The lowest BCUT2D eigenvalue weighted by atomic mass is 10.4. The Morgan fingerprint density at radius 1 is 1.36 bits per heavy atom. The third-order valence-electron chi connectivity index (χ3n) is 2.93. The van der Waals surface area contributed by atoms with Crippen LogP contribution in [-0.2, 0) is 39.7 Å². The van der Waals surface area contributed by atoms with E-state index in [-0.39, 0.29) is 17.3 Å². The lowest BCUT2D eigenvalue weighted by Gasteiger charge is -2.04. The van der Waals surface area contributed by atoms with Crippen molar-refractivity contribution >= 4 is 19.9 Å². The highest BCUT2D eigenvalue weighted by Crippen LogP contribution is 2.26. The molecule has 22 heavy (non-hydrogen) atoms. The van der Waals surface area contributed by atoms with Gasteiger partial charge in [-0.3, -0.25) is 4.68 Å². The van der Waals surface area contributed by atoms with Gasteiger partial charge in [0.15, 0.2) is 0 Å². The van der Waals surface area contributed by atoms with Crippen LogP contribution < -0.4 is 4.72 Å². The Bertz CT molecular complexity index is 765. The van der Waals surface area contributed by atoms with E-state index in [0.29, 0.717) is 12.8 Å². The maximum atomic E-state index is 12.4. The van der Waals surface area contributed by atoms with Gasteiger partial charge in [-0.2, -0.15) is 26.3 Å². The Balaban J connectivity index is 2.13. The molecule has 126 valence electrons. The molecule has 1 N–H and O–H groups in total. The van der Waals surface area contributed by atoms with Crippen LogP contribution in [0.2, 0.25) is 0 Å². The first-order chi connectivity index (χ1) is 10.0. The van der Waals surface area contributed by atoms with Crippen molar-refractivity contribution < 1.29 is 25.8 Å². The SMILES string of the molecule is Cn1nc(C(F)(F)F)nc1CNS(=O)(=O)N=S1(=O)CCCC1. The normalized spacial score (nSPS) is 18.5. The third-order valence-corrected chi connectivity index (χ3v) is 7.16. The quantitative estimate of drug-likeness (QED) is 0.837. The molecule has 0 aromatic carbocycles. The molecule has 0 amide bonds. The zero-order chi connectivity index (χ0) is 16.6. The average molecular weight is 361 g/mol. The zero-order valence-electron chi connectivity index (χ0n) is 11.5. The van der Waals surface area contributed by atoms with Gasteiger partial charge in [0.05, 0.1) is 16.3 Å². The molecule has 1 aliphatic heterocycles. The minimum absolute atomic E-state index is 0.204. The summed E-state index contributed by atoms with van der Waals surface area (Å²) in [5.74, 6) is -1.18. The topological polar surface area (TPSA) is 106 Å². The zero-order valence-corrected chi connectivity index (χ0v) is 13.1. The van der Waals surface area contributed by atoms with Crippen molar-refractivity contribution in [3.8, 4) is 0 Å². The van der Waals surface area contributed by atoms with E-state index in [0.717, 1.165) is 4.68 Å². The molecule has 8 nitrogen and oxygen atoms in total. The number of hydrogen-bond donors (Lipinski definition) is 1. The van der Waals surface area contributed by atoms with E-state index in [2.05, 4.69) is 13.9 Å². The highest BCUT2D eigenvalue weighted by molar-refractivity contribution is 8.02.